The van der Waals surface area contributed by atoms with Gasteiger partial charge < -0.3 is 20.7 Å². The molecule has 0 unspecified atom stereocenters. The molecule has 3 aromatic rings. The molecule has 3 N–H and O–H groups in total. The van der Waals surface area contributed by atoms with Crippen LogP contribution in [-0.2, 0) is 11.2 Å². The van der Waals surface area contributed by atoms with E-state index in [4.69, 9.17) is 10.5 Å². The van der Waals surface area contributed by atoms with Crippen LogP contribution < -0.4 is 11.1 Å². The zero-order chi connectivity index (χ0) is 24.8. The van der Waals surface area contributed by atoms with Crippen LogP contribution in [0, 0.1) is 23.1 Å². The van der Waals surface area contributed by atoms with Gasteiger partial charge in [0.05, 0.1) is 24.6 Å². The third-order valence-corrected chi connectivity index (χ3v) is 5.90. The van der Waals surface area contributed by atoms with Gasteiger partial charge in [-0.3, -0.25) is 9.48 Å². The first kappa shape index (κ1) is 23.8. The Bertz CT molecular complexity index is 1220. The van der Waals surface area contributed by atoms with Gasteiger partial charge in [0, 0.05) is 31.4 Å². The summed E-state index contributed by atoms with van der Waals surface area (Å²) in [6.45, 7) is 0.802. The largest absolute Gasteiger partial charge is 0.449 e. The topological polar surface area (TPSA) is 126 Å². The summed E-state index contributed by atoms with van der Waals surface area (Å²) in [5.41, 5.74) is 7.28. The highest BCUT2D eigenvalue weighted by Crippen LogP contribution is 2.30. The van der Waals surface area contributed by atoms with Crippen LogP contribution >= 0.6 is 0 Å². The van der Waals surface area contributed by atoms with E-state index in [0.29, 0.717) is 25.1 Å². The Balaban J connectivity index is 1.41. The summed E-state index contributed by atoms with van der Waals surface area (Å²) in [4.78, 5) is 26.1. The van der Waals surface area contributed by atoms with Crippen LogP contribution in [0.3, 0.4) is 0 Å². The highest BCUT2D eigenvalue weighted by molar-refractivity contribution is 5.98. The SMILES string of the molecule is N#C[C@H]1CN(C(=O)OCCc2ccccc2)CC[C@H]1n1cc(C(N)=O)c(Nc2ccc(F)cc2)n1. The molecule has 0 bridgehead atoms. The number of carbonyl (C=O) groups is 2. The van der Waals surface area contributed by atoms with Crippen molar-refractivity contribution in [1.29, 1.82) is 5.26 Å². The Morgan fingerprint density at radius 2 is 1.94 bits per heavy atom. The molecule has 1 aliphatic rings. The number of anilines is 2. The van der Waals surface area contributed by atoms with Crippen molar-refractivity contribution in [2.75, 3.05) is 25.0 Å². The molecule has 9 nitrogen and oxygen atoms in total. The van der Waals surface area contributed by atoms with Gasteiger partial charge in [0.25, 0.3) is 5.91 Å². The summed E-state index contributed by atoms with van der Waals surface area (Å²) in [5.74, 6) is -1.43. The molecule has 0 saturated carbocycles. The molecule has 2 heterocycles. The minimum atomic E-state index is -0.686. The number of ether oxygens (including phenoxy) is 1. The van der Waals surface area contributed by atoms with E-state index in [0.717, 1.165) is 5.56 Å². The van der Waals surface area contributed by atoms with Gasteiger partial charge in [0.2, 0.25) is 0 Å². The predicted molar refractivity (Wildman–Crippen MR) is 126 cm³/mol. The smallest absolute Gasteiger partial charge is 0.409 e. The fraction of sp³-hybridized carbons (Fsp3) is 0.280. The molecule has 1 aromatic heterocycles. The quantitative estimate of drug-likeness (QED) is 0.536. The molecule has 2 amide bonds. The molecule has 2 aromatic carbocycles. The van der Waals surface area contributed by atoms with Gasteiger partial charge in [0.1, 0.15) is 11.4 Å². The number of amides is 2. The number of carbonyl (C=O) groups excluding carboxylic acids is 2. The van der Waals surface area contributed by atoms with Gasteiger partial charge in [0.15, 0.2) is 5.82 Å². The maximum Gasteiger partial charge on any atom is 0.409 e. The number of nitrogens with zero attached hydrogens (tertiary/aromatic N) is 4. The van der Waals surface area contributed by atoms with E-state index in [2.05, 4.69) is 16.5 Å². The van der Waals surface area contributed by atoms with Gasteiger partial charge in [-0.25, -0.2) is 9.18 Å². The van der Waals surface area contributed by atoms with Crippen molar-refractivity contribution < 1.29 is 18.7 Å². The lowest BCUT2D eigenvalue weighted by Gasteiger charge is -2.34. The van der Waals surface area contributed by atoms with E-state index >= 15 is 0 Å². The molecular weight excluding hydrogens is 451 g/mol. The Labute approximate surface area is 201 Å². The molecular formula is C25H25FN6O3. The van der Waals surface area contributed by atoms with Crippen molar-refractivity contribution in [3.05, 3.63) is 77.7 Å². The predicted octanol–water partition coefficient (Wildman–Crippen LogP) is 3.63. The zero-order valence-electron chi connectivity index (χ0n) is 18.9. The summed E-state index contributed by atoms with van der Waals surface area (Å²) in [6, 6.07) is 17.2. The van der Waals surface area contributed by atoms with E-state index in [9.17, 15) is 19.2 Å². The van der Waals surface area contributed by atoms with Crippen LogP contribution in [0.5, 0.6) is 0 Å². The van der Waals surface area contributed by atoms with E-state index < -0.39 is 23.7 Å². The number of halogens is 1. The number of likely N-dealkylation sites (tertiary alicyclic amines) is 1. The van der Waals surface area contributed by atoms with Crippen LogP contribution in [0.4, 0.5) is 20.7 Å². The number of nitrogens with one attached hydrogen (secondary N) is 1. The number of rotatable bonds is 7. The number of nitrogens with two attached hydrogens (primary N) is 1. The number of nitriles is 1. The lowest BCUT2D eigenvalue weighted by molar-refractivity contribution is 0.0787. The first-order chi connectivity index (χ1) is 16.9. The minimum Gasteiger partial charge on any atom is -0.449 e. The van der Waals surface area contributed by atoms with Crippen LogP contribution in [0.1, 0.15) is 28.4 Å². The van der Waals surface area contributed by atoms with E-state index in [1.54, 1.807) is 0 Å². The van der Waals surface area contributed by atoms with Crippen LogP contribution in [0.2, 0.25) is 0 Å². The van der Waals surface area contributed by atoms with E-state index in [-0.39, 0.29) is 30.6 Å². The molecule has 0 aliphatic carbocycles. The normalized spacial score (nSPS) is 17.4. The van der Waals surface area contributed by atoms with Crippen LogP contribution in [0.25, 0.3) is 0 Å². The Morgan fingerprint density at radius 1 is 1.20 bits per heavy atom. The highest BCUT2D eigenvalue weighted by Gasteiger charge is 2.34. The number of hydrogen-bond acceptors (Lipinski definition) is 6. The highest BCUT2D eigenvalue weighted by atomic mass is 19.1. The molecule has 0 spiro atoms. The second kappa shape index (κ2) is 10.7. The fourth-order valence-corrected chi connectivity index (χ4v) is 4.05. The molecule has 1 fully saturated rings. The lowest BCUT2D eigenvalue weighted by atomic mass is 9.94. The maximum absolute atomic E-state index is 13.2. The molecule has 4 rings (SSSR count). The number of primary amides is 1. The summed E-state index contributed by atoms with van der Waals surface area (Å²) in [6.07, 6.45) is 2.09. The summed E-state index contributed by atoms with van der Waals surface area (Å²) < 4.78 is 20.2. The Kier molecular flexibility index (Phi) is 7.26. The summed E-state index contributed by atoms with van der Waals surface area (Å²) >= 11 is 0. The summed E-state index contributed by atoms with van der Waals surface area (Å²) in [7, 11) is 0. The van der Waals surface area contributed by atoms with E-state index in [1.165, 1.54) is 40.0 Å². The molecule has 1 aliphatic heterocycles. The van der Waals surface area contributed by atoms with Crippen molar-refractivity contribution in [3.8, 4) is 6.07 Å². The van der Waals surface area contributed by atoms with Crippen molar-refractivity contribution in [2.24, 2.45) is 11.7 Å². The van der Waals surface area contributed by atoms with Gasteiger partial charge in [-0.05, 0) is 36.2 Å². The maximum atomic E-state index is 13.2. The third kappa shape index (κ3) is 5.76. The lowest BCUT2D eigenvalue weighted by Crippen LogP contribution is -2.44. The zero-order valence-corrected chi connectivity index (χ0v) is 18.9. The average Bonchev–Trinajstić information content (AvgIpc) is 3.29. The van der Waals surface area contributed by atoms with Crippen LogP contribution in [0.15, 0.2) is 60.8 Å². The van der Waals surface area contributed by atoms with Gasteiger partial charge in [-0.2, -0.15) is 10.4 Å². The van der Waals surface area contributed by atoms with Crippen molar-refractivity contribution in [2.45, 2.75) is 18.9 Å². The van der Waals surface area contributed by atoms with Gasteiger partial charge in [-0.1, -0.05) is 30.3 Å². The molecule has 180 valence electrons. The summed E-state index contributed by atoms with van der Waals surface area (Å²) in [5, 5.41) is 17.2. The number of benzene rings is 2. The number of aromatic nitrogens is 2. The van der Waals surface area contributed by atoms with Crippen LogP contribution in [-0.4, -0.2) is 46.4 Å². The second-order valence-electron chi connectivity index (χ2n) is 8.26. The van der Waals surface area contributed by atoms with E-state index in [1.807, 2.05) is 30.3 Å². The fourth-order valence-electron chi connectivity index (χ4n) is 4.05. The number of hydrogen-bond donors (Lipinski definition) is 2. The Morgan fingerprint density at radius 3 is 2.63 bits per heavy atom. The van der Waals surface area contributed by atoms with Gasteiger partial charge >= 0.3 is 6.09 Å². The van der Waals surface area contributed by atoms with Crippen molar-refractivity contribution in [3.63, 3.8) is 0 Å². The molecule has 2 atom stereocenters. The molecule has 0 radical (unpaired) electrons. The third-order valence-electron chi connectivity index (χ3n) is 5.90. The molecule has 1 saturated heterocycles. The van der Waals surface area contributed by atoms with Crippen molar-refractivity contribution in [1.82, 2.24) is 14.7 Å². The first-order valence-corrected chi connectivity index (χ1v) is 11.2. The minimum absolute atomic E-state index is 0.147. The standard InChI is InChI=1S/C25H25FN6O3/c26-19-6-8-20(9-7-19)29-24-21(23(28)33)16-32(30-24)22-10-12-31(15-18(22)14-27)25(34)35-13-11-17-4-2-1-3-5-17/h1-9,16,18,22H,10-13,15H2,(H2,28,33)(H,29,30)/t18-,22+/m0/s1. The number of piperidine rings is 1. The molecule has 35 heavy (non-hydrogen) atoms. The molecule has 10 heteroatoms. The Hall–Kier alpha value is -4.39. The van der Waals surface area contributed by atoms with Gasteiger partial charge in [-0.15, -0.1) is 0 Å². The first-order valence-electron chi connectivity index (χ1n) is 11.2. The van der Waals surface area contributed by atoms with Crippen molar-refractivity contribution >= 4 is 23.5 Å². The second-order valence-corrected chi connectivity index (χ2v) is 8.26. The monoisotopic (exact) mass is 476 g/mol. The average molecular weight is 477 g/mol.